The number of methoxy groups -OCH3 is 1. The number of nitrogens with zero attached hydrogens (tertiary/aromatic N) is 1. The smallest absolute Gasteiger partial charge is 0.338 e. The van der Waals surface area contributed by atoms with Gasteiger partial charge in [0.1, 0.15) is 5.75 Å². The second-order valence-electron chi connectivity index (χ2n) is 7.42. The summed E-state index contributed by atoms with van der Waals surface area (Å²) in [5.41, 5.74) is 2.88. The number of hydrogen-bond acceptors (Lipinski definition) is 5. The molecule has 2 aromatic rings. The minimum absolute atomic E-state index is 0.0452. The maximum absolute atomic E-state index is 12.9. The van der Waals surface area contributed by atoms with Crippen LogP contribution >= 0.6 is 0 Å². The van der Waals surface area contributed by atoms with Crippen LogP contribution in [0.5, 0.6) is 5.75 Å². The third-order valence-corrected chi connectivity index (χ3v) is 5.45. The zero-order chi connectivity index (χ0) is 22.4. The quantitative estimate of drug-likeness (QED) is 0.635. The van der Waals surface area contributed by atoms with E-state index in [1.54, 1.807) is 14.0 Å². The van der Waals surface area contributed by atoms with Crippen molar-refractivity contribution in [1.82, 2.24) is 15.5 Å². The van der Waals surface area contributed by atoms with Crippen LogP contribution in [-0.2, 0) is 9.53 Å². The third-order valence-electron chi connectivity index (χ3n) is 5.45. The van der Waals surface area contributed by atoms with Crippen molar-refractivity contribution in [2.24, 2.45) is 0 Å². The molecule has 0 aliphatic carbocycles. The number of rotatable bonds is 8. The summed E-state index contributed by atoms with van der Waals surface area (Å²) in [7, 11) is 3.59. The van der Waals surface area contributed by atoms with Crippen molar-refractivity contribution in [3.63, 3.8) is 0 Å². The second-order valence-corrected chi connectivity index (χ2v) is 7.42. The lowest BCUT2D eigenvalue weighted by Crippen LogP contribution is -2.48. The van der Waals surface area contributed by atoms with Crippen LogP contribution < -0.4 is 15.4 Å². The molecule has 2 amide bonds. The lowest BCUT2D eigenvalue weighted by atomic mass is 9.94. The first-order valence-corrected chi connectivity index (χ1v) is 10.3. The van der Waals surface area contributed by atoms with Crippen molar-refractivity contribution in [3.05, 3.63) is 77.0 Å². The Labute approximate surface area is 183 Å². The van der Waals surface area contributed by atoms with Crippen LogP contribution in [0.4, 0.5) is 4.79 Å². The summed E-state index contributed by atoms with van der Waals surface area (Å²) in [5.74, 6) is 0.353. The molecule has 7 heteroatoms. The Morgan fingerprint density at radius 3 is 2.42 bits per heavy atom. The molecule has 2 N–H and O–H groups in total. The Bertz CT molecular complexity index is 941. The van der Waals surface area contributed by atoms with Crippen molar-refractivity contribution < 1.29 is 19.1 Å². The molecule has 0 spiro atoms. The number of hydrogen-bond donors (Lipinski definition) is 2. The van der Waals surface area contributed by atoms with Gasteiger partial charge in [-0.15, -0.1) is 0 Å². The van der Waals surface area contributed by atoms with Gasteiger partial charge in [-0.1, -0.05) is 42.5 Å². The Balaban J connectivity index is 1.92. The van der Waals surface area contributed by atoms with Gasteiger partial charge < -0.3 is 20.1 Å². The van der Waals surface area contributed by atoms with E-state index >= 15 is 0 Å². The monoisotopic (exact) mass is 423 g/mol. The van der Waals surface area contributed by atoms with E-state index in [0.29, 0.717) is 17.8 Å². The highest BCUT2D eigenvalue weighted by Gasteiger charge is 2.34. The van der Waals surface area contributed by atoms with E-state index < -0.39 is 12.0 Å². The van der Waals surface area contributed by atoms with Crippen molar-refractivity contribution in [2.75, 3.05) is 27.3 Å². The number of ether oxygens (including phenoxy) is 2. The molecule has 2 unspecified atom stereocenters. The average molecular weight is 424 g/mol. The van der Waals surface area contributed by atoms with Gasteiger partial charge in [0, 0.05) is 18.3 Å². The molecule has 1 heterocycles. The summed E-state index contributed by atoms with van der Waals surface area (Å²) in [5, 5.41) is 5.69. The second kappa shape index (κ2) is 10.1. The summed E-state index contributed by atoms with van der Waals surface area (Å²) < 4.78 is 10.6. The fourth-order valence-corrected chi connectivity index (χ4v) is 3.61. The molecular weight excluding hydrogens is 394 g/mol. The summed E-state index contributed by atoms with van der Waals surface area (Å²) in [6, 6.07) is 16.4. The first-order chi connectivity index (χ1) is 14.9. The Morgan fingerprint density at radius 1 is 1.13 bits per heavy atom. The fraction of sp³-hybridized carbons (Fsp3) is 0.333. The maximum atomic E-state index is 12.9. The Hall–Kier alpha value is -3.32. The highest BCUT2D eigenvalue weighted by Crippen LogP contribution is 2.29. The van der Waals surface area contributed by atoms with Gasteiger partial charge in [0.2, 0.25) is 0 Å². The zero-order valence-electron chi connectivity index (χ0n) is 18.3. The molecule has 7 nitrogen and oxygen atoms in total. The van der Waals surface area contributed by atoms with E-state index in [1.165, 1.54) is 0 Å². The molecule has 0 fully saturated rings. The number of carbonyl (C=O) groups excluding carboxylic acids is 2. The van der Waals surface area contributed by atoms with E-state index in [2.05, 4.69) is 22.5 Å². The van der Waals surface area contributed by atoms with Crippen molar-refractivity contribution in [1.29, 1.82) is 0 Å². The molecule has 2 atom stereocenters. The van der Waals surface area contributed by atoms with Crippen LogP contribution in [-0.4, -0.2) is 44.2 Å². The SMILES string of the molecule is CCOC(=O)C1=C(CN(C)C(C)c2ccc(OC)cc2)NC(=O)NC1c1ccccc1. The molecule has 164 valence electrons. The molecule has 0 saturated carbocycles. The third kappa shape index (κ3) is 5.24. The van der Waals surface area contributed by atoms with E-state index in [4.69, 9.17) is 9.47 Å². The van der Waals surface area contributed by atoms with E-state index in [9.17, 15) is 9.59 Å². The Kier molecular flexibility index (Phi) is 7.31. The number of benzene rings is 2. The molecule has 0 bridgehead atoms. The van der Waals surface area contributed by atoms with Crippen LogP contribution in [0.25, 0.3) is 0 Å². The topological polar surface area (TPSA) is 79.9 Å². The first-order valence-electron chi connectivity index (χ1n) is 10.3. The standard InChI is InChI=1S/C24H29N3O4/c1-5-31-23(28)21-20(25-24(29)26-22(21)18-9-7-6-8-10-18)15-27(3)16(2)17-11-13-19(30-4)14-12-17/h6-14,16,22H,5,15H2,1-4H3,(H2,25,26,29). The van der Waals surface area contributed by atoms with Crippen LogP contribution in [0.2, 0.25) is 0 Å². The zero-order valence-corrected chi connectivity index (χ0v) is 18.3. The summed E-state index contributed by atoms with van der Waals surface area (Å²) >= 11 is 0. The summed E-state index contributed by atoms with van der Waals surface area (Å²) in [4.78, 5) is 27.4. The lowest BCUT2D eigenvalue weighted by molar-refractivity contribution is -0.139. The van der Waals surface area contributed by atoms with Gasteiger partial charge in [-0.25, -0.2) is 9.59 Å². The molecule has 1 aliphatic heterocycles. The summed E-state index contributed by atoms with van der Waals surface area (Å²) in [6.07, 6.45) is 0. The molecule has 1 aliphatic rings. The minimum Gasteiger partial charge on any atom is -0.497 e. The van der Waals surface area contributed by atoms with Crippen LogP contribution in [0.1, 0.15) is 37.1 Å². The molecule has 0 radical (unpaired) electrons. The summed E-state index contributed by atoms with van der Waals surface area (Å²) in [6.45, 7) is 4.47. The van der Waals surface area contributed by atoms with Gasteiger partial charge in [0.15, 0.2) is 0 Å². The molecule has 3 rings (SSSR count). The number of esters is 1. The molecule has 0 saturated heterocycles. The van der Waals surface area contributed by atoms with Crippen molar-refractivity contribution in [3.8, 4) is 5.75 Å². The normalized spacial score (nSPS) is 17.1. The maximum Gasteiger partial charge on any atom is 0.338 e. The van der Waals surface area contributed by atoms with Crippen LogP contribution in [0.3, 0.4) is 0 Å². The van der Waals surface area contributed by atoms with Gasteiger partial charge in [-0.2, -0.15) is 0 Å². The Morgan fingerprint density at radius 2 is 1.81 bits per heavy atom. The van der Waals surface area contributed by atoms with Gasteiger partial charge in [0.05, 0.1) is 25.3 Å². The fourth-order valence-electron chi connectivity index (χ4n) is 3.61. The van der Waals surface area contributed by atoms with Crippen LogP contribution in [0.15, 0.2) is 65.9 Å². The van der Waals surface area contributed by atoms with Gasteiger partial charge in [0.25, 0.3) is 0 Å². The van der Waals surface area contributed by atoms with Crippen LogP contribution in [0, 0.1) is 0 Å². The number of nitrogens with one attached hydrogen (secondary N) is 2. The average Bonchev–Trinajstić information content (AvgIpc) is 2.79. The van der Waals surface area contributed by atoms with Gasteiger partial charge >= 0.3 is 12.0 Å². The molecular formula is C24H29N3O4. The molecule has 0 aromatic heterocycles. The van der Waals surface area contributed by atoms with E-state index in [0.717, 1.165) is 16.9 Å². The first kappa shape index (κ1) is 22.4. The molecule has 2 aromatic carbocycles. The molecule has 31 heavy (non-hydrogen) atoms. The van der Waals surface area contributed by atoms with E-state index in [-0.39, 0.29) is 18.7 Å². The van der Waals surface area contributed by atoms with Crippen molar-refractivity contribution >= 4 is 12.0 Å². The van der Waals surface area contributed by atoms with Crippen molar-refractivity contribution in [2.45, 2.75) is 25.9 Å². The number of likely N-dealkylation sites (N-methyl/N-ethyl adjacent to an activating group) is 1. The number of urea groups is 1. The lowest BCUT2D eigenvalue weighted by Gasteiger charge is -2.33. The highest BCUT2D eigenvalue weighted by molar-refractivity contribution is 5.95. The predicted octanol–water partition coefficient (Wildman–Crippen LogP) is 3.56. The van der Waals surface area contributed by atoms with E-state index in [1.807, 2.05) is 61.6 Å². The highest BCUT2D eigenvalue weighted by atomic mass is 16.5. The number of amides is 2. The minimum atomic E-state index is -0.575. The van der Waals surface area contributed by atoms with Gasteiger partial charge in [-0.05, 0) is 44.2 Å². The van der Waals surface area contributed by atoms with Gasteiger partial charge in [-0.3, -0.25) is 4.90 Å². The largest absolute Gasteiger partial charge is 0.497 e. The number of carbonyl (C=O) groups is 2. The predicted molar refractivity (Wildman–Crippen MR) is 119 cm³/mol.